The third-order valence-corrected chi connectivity index (χ3v) is 4.22. The number of carbonyl (C=O) groups is 1. The van der Waals surface area contributed by atoms with Gasteiger partial charge >= 0.3 is 5.97 Å². The fourth-order valence-corrected chi connectivity index (χ4v) is 2.76. The molecule has 2 rings (SSSR count). The van der Waals surface area contributed by atoms with Gasteiger partial charge in [0, 0.05) is 6.07 Å². The number of hydrogen-bond acceptors (Lipinski definition) is 6. The van der Waals surface area contributed by atoms with Crippen LogP contribution in [0.15, 0.2) is 29.1 Å². The van der Waals surface area contributed by atoms with Crippen molar-refractivity contribution in [3.8, 4) is 17.2 Å². The number of ether oxygens (including phenoxy) is 1. The Labute approximate surface area is 151 Å². The van der Waals surface area contributed by atoms with E-state index in [0.29, 0.717) is 0 Å². The zero-order chi connectivity index (χ0) is 19.1. The van der Waals surface area contributed by atoms with Gasteiger partial charge in [0.2, 0.25) is 5.43 Å². The van der Waals surface area contributed by atoms with E-state index >= 15 is 0 Å². The van der Waals surface area contributed by atoms with Crippen molar-refractivity contribution in [2.24, 2.45) is 0 Å². The number of rotatable bonds is 8. The predicted octanol–water partition coefficient (Wildman–Crippen LogP) is 3.83. The molecule has 0 fully saturated rings. The van der Waals surface area contributed by atoms with E-state index in [2.05, 4.69) is 6.92 Å². The molecule has 26 heavy (non-hydrogen) atoms. The molecule has 140 valence electrons. The van der Waals surface area contributed by atoms with E-state index in [1.54, 1.807) is 0 Å². The van der Waals surface area contributed by atoms with Crippen LogP contribution in [-0.4, -0.2) is 27.9 Å². The predicted molar refractivity (Wildman–Crippen MR) is 98.9 cm³/mol. The molecular formula is C20H24O6. The van der Waals surface area contributed by atoms with Crippen LogP contribution in [0, 0.1) is 0 Å². The maximum atomic E-state index is 12.2. The van der Waals surface area contributed by atoms with Crippen LogP contribution >= 0.6 is 0 Å². The lowest BCUT2D eigenvalue weighted by molar-refractivity contribution is 0.0498. The minimum atomic E-state index is -0.840. The van der Waals surface area contributed by atoms with Crippen molar-refractivity contribution < 1.29 is 24.9 Å². The highest BCUT2D eigenvalue weighted by molar-refractivity contribution is 5.99. The van der Waals surface area contributed by atoms with E-state index in [0.717, 1.165) is 25.3 Å². The van der Waals surface area contributed by atoms with Gasteiger partial charge in [0.15, 0.2) is 17.2 Å². The van der Waals surface area contributed by atoms with Crippen LogP contribution in [0.25, 0.3) is 10.8 Å². The van der Waals surface area contributed by atoms with E-state index in [9.17, 15) is 24.9 Å². The highest BCUT2D eigenvalue weighted by Gasteiger charge is 2.15. The topological polar surface area (TPSA) is 104 Å². The van der Waals surface area contributed by atoms with Gasteiger partial charge in [-0.05, 0) is 23.9 Å². The number of aromatic hydroxyl groups is 3. The van der Waals surface area contributed by atoms with Gasteiger partial charge in [0.1, 0.15) is 0 Å². The number of benzene rings is 1. The first-order valence-corrected chi connectivity index (χ1v) is 8.84. The highest BCUT2D eigenvalue weighted by atomic mass is 16.5. The number of fused-ring (bicyclic) bond motifs is 1. The smallest absolute Gasteiger partial charge is 0.338 e. The molecule has 0 heterocycles. The average molecular weight is 360 g/mol. The van der Waals surface area contributed by atoms with E-state index in [4.69, 9.17) is 4.74 Å². The van der Waals surface area contributed by atoms with Gasteiger partial charge < -0.3 is 20.1 Å². The molecule has 0 aromatic heterocycles. The SMILES string of the molecule is CCCCCCCCOC(=O)c1cc(=O)c(O)c2c(O)c(O)ccc2c1. The Balaban J connectivity index is 2.15. The molecule has 3 N–H and O–H groups in total. The molecule has 0 unspecified atom stereocenters. The lowest BCUT2D eigenvalue weighted by Gasteiger charge is -2.04. The van der Waals surface area contributed by atoms with Gasteiger partial charge in [-0.15, -0.1) is 0 Å². The van der Waals surface area contributed by atoms with Gasteiger partial charge in [-0.1, -0.05) is 45.1 Å². The van der Waals surface area contributed by atoms with Crippen LogP contribution < -0.4 is 5.43 Å². The number of carbonyl (C=O) groups excluding carboxylic acids is 1. The monoisotopic (exact) mass is 360 g/mol. The molecule has 0 atom stereocenters. The maximum absolute atomic E-state index is 12.2. The fraction of sp³-hybridized carbons (Fsp3) is 0.400. The summed E-state index contributed by atoms with van der Waals surface area (Å²) in [5, 5.41) is 29.5. The average Bonchev–Trinajstić information content (AvgIpc) is 2.74. The Morgan fingerprint density at radius 2 is 1.65 bits per heavy atom. The summed E-state index contributed by atoms with van der Waals surface area (Å²) in [6, 6.07) is 4.93. The molecule has 6 nitrogen and oxygen atoms in total. The largest absolute Gasteiger partial charge is 0.504 e. The van der Waals surface area contributed by atoms with Gasteiger partial charge in [-0.2, -0.15) is 0 Å². The summed E-state index contributed by atoms with van der Waals surface area (Å²) in [6.07, 6.45) is 6.35. The number of unbranched alkanes of at least 4 members (excludes halogenated alkanes) is 5. The Hall–Kier alpha value is -2.76. The molecule has 2 aromatic rings. The quantitative estimate of drug-likeness (QED) is 0.375. The summed E-state index contributed by atoms with van der Waals surface area (Å²) >= 11 is 0. The van der Waals surface area contributed by atoms with Crippen molar-refractivity contribution in [3.05, 3.63) is 40.1 Å². The third kappa shape index (κ3) is 4.65. The Bertz CT molecular complexity index is 844. The number of phenols is 2. The van der Waals surface area contributed by atoms with Gasteiger partial charge in [0.05, 0.1) is 17.6 Å². The highest BCUT2D eigenvalue weighted by Crippen LogP contribution is 2.36. The number of hydrogen-bond donors (Lipinski definition) is 3. The molecule has 0 radical (unpaired) electrons. The summed E-state index contributed by atoms with van der Waals surface area (Å²) in [5.41, 5.74) is -0.858. The third-order valence-electron chi connectivity index (χ3n) is 4.22. The lowest BCUT2D eigenvalue weighted by Crippen LogP contribution is -2.08. The van der Waals surface area contributed by atoms with Crippen LogP contribution in [0.5, 0.6) is 17.2 Å². The van der Waals surface area contributed by atoms with Crippen LogP contribution in [0.3, 0.4) is 0 Å². The molecular weight excluding hydrogens is 336 g/mol. The fourth-order valence-electron chi connectivity index (χ4n) is 2.76. The Kier molecular flexibility index (Phi) is 6.83. The molecule has 0 spiro atoms. The summed E-state index contributed by atoms with van der Waals surface area (Å²) in [5.74, 6) is -2.48. The normalized spacial score (nSPS) is 10.8. The standard InChI is InChI=1S/C20H24O6/c1-2-3-4-5-6-7-10-26-20(25)14-11-13-8-9-15(21)18(23)17(13)19(24)16(22)12-14/h8-9,11-12,21,23H,2-7,10H2,1H3,(H,22,24). The molecule has 0 aliphatic heterocycles. The first-order chi connectivity index (χ1) is 12.5. The number of phenolic OH excluding ortho intramolecular Hbond substituents is 2. The Morgan fingerprint density at radius 3 is 2.38 bits per heavy atom. The van der Waals surface area contributed by atoms with Crippen LogP contribution in [0.2, 0.25) is 0 Å². The van der Waals surface area contributed by atoms with Crippen molar-refractivity contribution in [1.82, 2.24) is 0 Å². The second-order valence-electron chi connectivity index (χ2n) is 6.26. The lowest BCUT2D eigenvalue weighted by atomic mass is 10.1. The summed E-state index contributed by atoms with van der Waals surface area (Å²) in [7, 11) is 0. The molecule has 2 aromatic carbocycles. The molecule has 0 saturated heterocycles. The van der Waals surface area contributed by atoms with E-state index in [1.165, 1.54) is 37.5 Å². The second-order valence-corrected chi connectivity index (χ2v) is 6.26. The summed E-state index contributed by atoms with van der Waals surface area (Å²) < 4.78 is 5.20. The van der Waals surface area contributed by atoms with E-state index in [-0.39, 0.29) is 22.9 Å². The van der Waals surface area contributed by atoms with E-state index < -0.39 is 28.6 Å². The van der Waals surface area contributed by atoms with Crippen LogP contribution in [-0.2, 0) is 4.74 Å². The molecule has 0 aliphatic carbocycles. The van der Waals surface area contributed by atoms with Gasteiger partial charge in [-0.3, -0.25) is 4.79 Å². The number of esters is 1. The second kappa shape index (κ2) is 9.08. The molecule has 0 aliphatic rings. The van der Waals surface area contributed by atoms with Crippen molar-refractivity contribution in [3.63, 3.8) is 0 Å². The van der Waals surface area contributed by atoms with Crippen molar-refractivity contribution >= 4 is 16.7 Å². The molecule has 6 heteroatoms. The van der Waals surface area contributed by atoms with E-state index in [1.807, 2.05) is 0 Å². The van der Waals surface area contributed by atoms with Crippen molar-refractivity contribution in [1.29, 1.82) is 0 Å². The van der Waals surface area contributed by atoms with Crippen LogP contribution in [0.4, 0.5) is 0 Å². The van der Waals surface area contributed by atoms with Gasteiger partial charge in [0.25, 0.3) is 0 Å². The van der Waals surface area contributed by atoms with Crippen molar-refractivity contribution in [2.45, 2.75) is 45.4 Å². The molecule has 0 saturated carbocycles. The van der Waals surface area contributed by atoms with Gasteiger partial charge in [-0.25, -0.2) is 4.79 Å². The van der Waals surface area contributed by atoms with Crippen molar-refractivity contribution in [2.75, 3.05) is 6.61 Å². The minimum Gasteiger partial charge on any atom is -0.504 e. The van der Waals surface area contributed by atoms with Crippen LogP contribution in [0.1, 0.15) is 55.8 Å². The first-order valence-electron chi connectivity index (χ1n) is 8.84. The minimum absolute atomic E-state index is 0.0172. The molecule has 0 bridgehead atoms. The molecule has 0 amide bonds. The zero-order valence-corrected chi connectivity index (χ0v) is 14.8. The zero-order valence-electron chi connectivity index (χ0n) is 14.8. The summed E-state index contributed by atoms with van der Waals surface area (Å²) in [6.45, 7) is 2.40. The Morgan fingerprint density at radius 1 is 0.962 bits per heavy atom. The summed E-state index contributed by atoms with van der Waals surface area (Å²) in [4.78, 5) is 24.3. The first kappa shape index (κ1) is 19.6. The maximum Gasteiger partial charge on any atom is 0.338 e.